The van der Waals surface area contributed by atoms with Gasteiger partial charge in [0.05, 0.1) is 6.10 Å². The summed E-state index contributed by atoms with van der Waals surface area (Å²) in [4.78, 5) is 0. The third-order valence-corrected chi connectivity index (χ3v) is 4.64. The lowest BCUT2D eigenvalue weighted by atomic mass is 9.61. The van der Waals surface area contributed by atoms with E-state index in [9.17, 15) is 5.11 Å². The highest BCUT2D eigenvalue weighted by atomic mass is 16.3. The van der Waals surface area contributed by atoms with Crippen LogP contribution in [0.1, 0.15) is 46.5 Å². The number of aliphatic hydroxyl groups excluding tert-OH is 1. The van der Waals surface area contributed by atoms with Gasteiger partial charge in [-0.15, -0.1) is 0 Å². The first-order valence-corrected chi connectivity index (χ1v) is 6.45. The Labute approximate surface area is 93.6 Å². The van der Waals surface area contributed by atoms with E-state index in [0.717, 1.165) is 11.8 Å². The second kappa shape index (κ2) is 4.29. The Morgan fingerprint density at radius 1 is 1.33 bits per heavy atom. The fourth-order valence-corrected chi connectivity index (χ4v) is 3.65. The molecule has 0 saturated heterocycles. The highest BCUT2D eigenvalue weighted by Gasteiger charge is 2.39. The third-order valence-electron chi connectivity index (χ3n) is 4.64. The van der Waals surface area contributed by atoms with Gasteiger partial charge in [-0.05, 0) is 56.8 Å². The van der Waals surface area contributed by atoms with E-state index in [0.29, 0.717) is 11.8 Å². The van der Waals surface area contributed by atoms with Crippen molar-refractivity contribution in [1.29, 1.82) is 0 Å². The van der Waals surface area contributed by atoms with Gasteiger partial charge in [-0.3, -0.25) is 0 Å². The van der Waals surface area contributed by atoms with Crippen LogP contribution in [-0.4, -0.2) is 11.2 Å². The van der Waals surface area contributed by atoms with Gasteiger partial charge in [0, 0.05) is 0 Å². The zero-order valence-electron chi connectivity index (χ0n) is 10.2. The second-order valence-corrected chi connectivity index (χ2v) is 5.75. The van der Waals surface area contributed by atoms with Gasteiger partial charge < -0.3 is 5.11 Å². The van der Waals surface area contributed by atoms with Gasteiger partial charge in [0.1, 0.15) is 0 Å². The molecule has 0 amide bonds. The molecule has 1 fully saturated rings. The molecular weight excluding hydrogens is 184 g/mol. The van der Waals surface area contributed by atoms with Crippen molar-refractivity contribution >= 4 is 0 Å². The van der Waals surface area contributed by atoms with Crippen LogP contribution in [0.4, 0.5) is 0 Å². The van der Waals surface area contributed by atoms with E-state index >= 15 is 0 Å². The Kier molecular flexibility index (Phi) is 3.20. The third kappa shape index (κ3) is 2.13. The summed E-state index contributed by atoms with van der Waals surface area (Å²) in [5, 5.41) is 9.86. The minimum Gasteiger partial charge on any atom is -0.393 e. The molecule has 1 heteroatoms. The first-order chi connectivity index (χ1) is 7.09. The number of allylic oxidation sites excluding steroid dienone is 2. The van der Waals surface area contributed by atoms with Crippen molar-refractivity contribution in [2.24, 2.45) is 23.7 Å². The Bertz CT molecular complexity index is 254. The van der Waals surface area contributed by atoms with Crippen molar-refractivity contribution in [2.45, 2.75) is 52.6 Å². The molecule has 2 rings (SSSR count). The van der Waals surface area contributed by atoms with E-state index in [-0.39, 0.29) is 6.10 Å². The normalized spacial score (nSPS) is 43.1. The number of rotatable bonds is 1. The topological polar surface area (TPSA) is 20.2 Å². The van der Waals surface area contributed by atoms with E-state index < -0.39 is 0 Å². The lowest BCUT2D eigenvalue weighted by Crippen LogP contribution is -2.39. The summed E-state index contributed by atoms with van der Waals surface area (Å²) in [7, 11) is 0. The molecule has 5 atom stereocenters. The molecule has 0 heterocycles. The zero-order chi connectivity index (χ0) is 11.0. The number of aliphatic hydroxyl groups is 1. The van der Waals surface area contributed by atoms with Gasteiger partial charge in [0.15, 0.2) is 0 Å². The number of hydrogen-bond acceptors (Lipinski definition) is 1. The summed E-state index contributed by atoms with van der Waals surface area (Å²) in [6, 6.07) is 0. The van der Waals surface area contributed by atoms with Crippen molar-refractivity contribution < 1.29 is 5.11 Å². The van der Waals surface area contributed by atoms with Crippen LogP contribution in [-0.2, 0) is 0 Å². The van der Waals surface area contributed by atoms with Crippen LogP contribution in [0.15, 0.2) is 11.6 Å². The average molecular weight is 208 g/mol. The molecule has 0 aromatic carbocycles. The number of hydrogen-bond donors (Lipinski definition) is 1. The molecule has 0 aliphatic heterocycles. The Balaban J connectivity index is 2.20. The maximum atomic E-state index is 9.86. The van der Waals surface area contributed by atoms with E-state index in [1.807, 2.05) is 6.92 Å². The Morgan fingerprint density at radius 3 is 2.73 bits per heavy atom. The predicted octanol–water partition coefficient (Wildman–Crippen LogP) is 3.39. The van der Waals surface area contributed by atoms with Gasteiger partial charge in [0.25, 0.3) is 0 Å². The van der Waals surface area contributed by atoms with E-state index in [1.54, 1.807) is 0 Å². The smallest absolute Gasteiger partial charge is 0.0546 e. The average Bonchev–Trinajstić information content (AvgIpc) is 2.17. The summed E-state index contributed by atoms with van der Waals surface area (Å²) in [5.41, 5.74) is 1.54. The molecule has 0 aromatic rings. The van der Waals surface area contributed by atoms with Gasteiger partial charge in [-0.25, -0.2) is 0 Å². The SMILES string of the molecule is CC1=C[C@@H]2[C@H]([C@H](C)O)CC[C@@H](C)[C@@H]2CC1. The molecule has 0 spiro atoms. The maximum absolute atomic E-state index is 9.86. The van der Waals surface area contributed by atoms with Crippen LogP contribution < -0.4 is 0 Å². The molecule has 1 nitrogen and oxygen atoms in total. The van der Waals surface area contributed by atoms with Crippen LogP contribution in [0.25, 0.3) is 0 Å². The summed E-state index contributed by atoms with van der Waals surface area (Å²) in [6.07, 6.45) is 7.47. The van der Waals surface area contributed by atoms with E-state index in [1.165, 1.54) is 31.3 Å². The molecule has 2 aliphatic carbocycles. The molecule has 1 N–H and O–H groups in total. The van der Waals surface area contributed by atoms with E-state index in [4.69, 9.17) is 0 Å². The van der Waals surface area contributed by atoms with Crippen molar-refractivity contribution in [1.82, 2.24) is 0 Å². The first-order valence-electron chi connectivity index (χ1n) is 6.45. The van der Waals surface area contributed by atoms with Crippen LogP contribution in [0.3, 0.4) is 0 Å². The highest BCUT2D eigenvalue weighted by molar-refractivity contribution is 5.11. The quantitative estimate of drug-likeness (QED) is 0.655. The molecule has 0 unspecified atom stereocenters. The summed E-state index contributed by atoms with van der Waals surface area (Å²) in [6.45, 7) is 6.61. The van der Waals surface area contributed by atoms with Crippen LogP contribution in [0.5, 0.6) is 0 Å². The summed E-state index contributed by atoms with van der Waals surface area (Å²) in [5.74, 6) is 2.86. The lowest BCUT2D eigenvalue weighted by Gasteiger charge is -2.44. The van der Waals surface area contributed by atoms with Gasteiger partial charge >= 0.3 is 0 Å². The standard InChI is InChI=1S/C14H24O/c1-9-4-6-12-10(2)5-7-13(11(3)15)14(12)8-9/h8,10-15H,4-7H2,1-3H3/t10-,11+,12+,13+,14+/m1/s1. The monoisotopic (exact) mass is 208 g/mol. The molecule has 0 aromatic heterocycles. The fraction of sp³-hybridized carbons (Fsp3) is 0.857. The largest absolute Gasteiger partial charge is 0.393 e. The first kappa shape index (κ1) is 11.2. The Hall–Kier alpha value is -0.300. The van der Waals surface area contributed by atoms with Crippen molar-refractivity contribution in [3.05, 3.63) is 11.6 Å². The fourth-order valence-electron chi connectivity index (χ4n) is 3.65. The minimum atomic E-state index is -0.132. The molecule has 1 saturated carbocycles. The molecule has 2 aliphatic rings. The summed E-state index contributed by atoms with van der Waals surface area (Å²) < 4.78 is 0. The van der Waals surface area contributed by atoms with Crippen molar-refractivity contribution in [3.8, 4) is 0 Å². The van der Waals surface area contributed by atoms with Crippen LogP contribution in [0, 0.1) is 23.7 Å². The Morgan fingerprint density at radius 2 is 2.07 bits per heavy atom. The molecule has 0 radical (unpaired) electrons. The van der Waals surface area contributed by atoms with Gasteiger partial charge in [0.2, 0.25) is 0 Å². The van der Waals surface area contributed by atoms with Crippen LogP contribution in [0.2, 0.25) is 0 Å². The van der Waals surface area contributed by atoms with Crippen LogP contribution >= 0.6 is 0 Å². The number of fused-ring (bicyclic) bond motifs is 1. The second-order valence-electron chi connectivity index (χ2n) is 5.75. The summed E-state index contributed by atoms with van der Waals surface area (Å²) >= 11 is 0. The zero-order valence-corrected chi connectivity index (χ0v) is 10.2. The molecular formula is C14H24O. The molecule has 86 valence electrons. The van der Waals surface area contributed by atoms with Crippen molar-refractivity contribution in [2.75, 3.05) is 0 Å². The lowest BCUT2D eigenvalue weighted by molar-refractivity contribution is 0.0240. The van der Waals surface area contributed by atoms with E-state index in [2.05, 4.69) is 19.9 Å². The van der Waals surface area contributed by atoms with Gasteiger partial charge in [-0.2, -0.15) is 0 Å². The van der Waals surface area contributed by atoms with Crippen molar-refractivity contribution in [3.63, 3.8) is 0 Å². The molecule has 0 bridgehead atoms. The highest BCUT2D eigenvalue weighted by Crippen LogP contribution is 2.46. The molecule has 15 heavy (non-hydrogen) atoms. The maximum Gasteiger partial charge on any atom is 0.0546 e. The predicted molar refractivity (Wildman–Crippen MR) is 63.5 cm³/mol. The van der Waals surface area contributed by atoms with Gasteiger partial charge in [-0.1, -0.05) is 25.0 Å². The minimum absolute atomic E-state index is 0.132.